The van der Waals surface area contributed by atoms with Gasteiger partial charge in [0.15, 0.2) is 11.0 Å². The highest BCUT2D eigenvalue weighted by atomic mass is 35.5. The van der Waals surface area contributed by atoms with E-state index in [4.69, 9.17) is 17.3 Å². The molecule has 1 heterocycles. The second-order valence-corrected chi connectivity index (χ2v) is 8.57. The maximum absolute atomic E-state index is 12.5. The monoisotopic (exact) mass is 443 g/mol. The number of benzene rings is 2. The van der Waals surface area contributed by atoms with Gasteiger partial charge in [0.05, 0.1) is 11.8 Å². The van der Waals surface area contributed by atoms with E-state index in [-0.39, 0.29) is 5.92 Å². The lowest BCUT2D eigenvalue weighted by Crippen LogP contribution is -2.42. The highest BCUT2D eigenvalue weighted by Gasteiger charge is 2.28. The summed E-state index contributed by atoms with van der Waals surface area (Å²) in [7, 11) is 0. The quantitative estimate of drug-likeness (QED) is 0.538. The SMILES string of the molecule is CC(C)C(Sc1nnc(-c2ccc(Cl)cc2)n1Cc1ccccc1)C(=O)NC(N)=O. The Morgan fingerprint density at radius 3 is 2.37 bits per heavy atom. The number of thioether (sulfide) groups is 1. The molecular formula is C21H22ClN5O2S. The Labute approximate surface area is 184 Å². The predicted molar refractivity (Wildman–Crippen MR) is 118 cm³/mol. The fourth-order valence-corrected chi connectivity index (χ4v) is 4.05. The standard InChI is InChI=1S/C21H22ClN5O2S/c1-13(2)17(19(28)24-20(23)29)30-21-26-25-18(15-8-10-16(22)11-9-15)27(21)12-14-6-4-3-5-7-14/h3-11,13,17H,12H2,1-2H3,(H3,23,24,28,29). The Morgan fingerprint density at radius 2 is 1.77 bits per heavy atom. The van der Waals surface area contributed by atoms with E-state index < -0.39 is 17.2 Å². The topological polar surface area (TPSA) is 103 Å². The molecule has 0 aliphatic heterocycles. The van der Waals surface area contributed by atoms with Crippen LogP contribution in [0.1, 0.15) is 19.4 Å². The minimum atomic E-state index is -0.876. The summed E-state index contributed by atoms with van der Waals surface area (Å²) in [5.74, 6) is 0.149. The highest BCUT2D eigenvalue weighted by Crippen LogP contribution is 2.31. The normalized spacial score (nSPS) is 12.0. The van der Waals surface area contributed by atoms with Gasteiger partial charge in [-0.3, -0.25) is 14.7 Å². The van der Waals surface area contributed by atoms with E-state index in [2.05, 4.69) is 15.5 Å². The summed E-state index contributed by atoms with van der Waals surface area (Å²) in [6.07, 6.45) is 0. The number of carbonyl (C=O) groups excluding carboxylic acids is 2. The first kappa shape index (κ1) is 21.9. The minimum Gasteiger partial charge on any atom is -0.351 e. The first-order valence-electron chi connectivity index (χ1n) is 9.35. The van der Waals surface area contributed by atoms with Gasteiger partial charge < -0.3 is 5.73 Å². The van der Waals surface area contributed by atoms with E-state index in [1.165, 1.54) is 11.8 Å². The summed E-state index contributed by atoms with van der Waals surface area (Å²) >= 11 is 7.28. The molecule has 0 aliphatic carbocycles. The molecule has 30 heavy (non-hydrogen) atoms. The molecule has 9 heteroatoms. The lowest BCUT2D eigenvalue weighted by atomic mass is 10.1. The second kappa shape index (κ2) is 9.77. The highest BCUT2D eigenvalue weighted by molar-refractivity contribution is 8.00. The number of amides is 3. The van der Waals surface area contributed by atoms with Gasteiger partial charge in [-0.25, -0.2) is 4.79 Å². The van der Waals surface area contributed by atoms with Crippen LogP contribution in [0.25, 0.3) is 11.4 Å². The fourth-order valence-electron chi connectivity index (χ4n) is 2.90. The van der Waals surface area contributed by atoms with Gasteiger partial charge in [-0.2, -0.15) is 0 Å². The van der Waals surface area contributed by atoms with E-state index in [1.54, 1.807) is 12.1 Å². The largest absolute Gasteiger partial charge is 0.351 e. The number of nitrogens with two attached hydrogens (primary N) is 1. The molecule has 0 saturated heterocycles. The zero-order valence-corrected chi connectivity index (χ0v) is 18.2. The number of primary amides is 1. The molecule has 0 saturated carbocycles. The number of halogens is 1. The number of nitrogens with zero attached hydrogens (tertiary/aromatic N) is 3. The number of hydrogen-bond acceptors (Lipinski definition) is 5. The van der Waals surface area contributed by atoms with Crippen LogP contribution in [0.3, 0.4) is 0 Å². The molecule has 156 valence electrons. The van der Waals surface area contributed by atoms with Crippen molar-refractivity contribution in [2.24, 2.45) is 11.7 Å². The zero-order chi connectivity index (χ0) is 21.7. The molecule has 1 unspecified atom stereocenters. The molecule has 0 fully saturated rings. The van der Waals surface area contributed by atoms with Gasteiger partial charge in [0.1, 0.15) is 0 Å². The molecule has 2 aromatic carbocycles. The van der Waals surface area contributed by atoms with Gasteiger partial charge in [-0.15, -0.1) is 10.2 Å². The van der Waals surface area contributed by atoms with Crippen LogP contribution in [0.5, 0.6) is 0 Å². The molecule has 0 bridgehead atoms. The Morgan fingerprint density at radius 1 is 1.10 bits per heavy atom. The predicted octanol–water partition coefficient (Wildman–Crippen LogP) is 3.96. The summed E-state index contributed by atoms with van der Waals surface area (Å²) in [4.78, 5) is 23.6. The van der Waals surface area contributed by atoms with Crippen LogP contribution in [0.2, 0.25) is 5.02 Å². The average molecular weight is 444 g/mol. The molecular weight excluding hydrogens is 422 g/mol. The number of rotatable bonds is 7. The molecule has 3 amide bonds. The van der Waals surface area contributed by atoms with Crippen molar-refractivity contribution in [2.75, 3.05) is 0 Å². The third kappa shape index (κ3) is 5.40. The third-order valence-electron chi connectivity index (χ3n) is 4.35. The molecule has 1 aromatic heterocycles. The Kier molecular flexibility index (Phi) is 7.12. The lowest BCUT2D eigenvalue weighted by Gasteiger charge is -2.19. The Balaban J connectivity index is 1.99. The Hall–Kier alpha value is -2.84. The third-order valence-corrected chi connectivity index (χ3v) is 6.12. The van der Waals surface area contributed by atoms with E-state index in [1.807, 2.05) is 60.9 Å². The number of carbonyl (C=O) groups is 2. The van der Waals surface area contributed by atoms with Crippen molar-refractivity contribution in [1.29, 1.82) is 0 Å². The first-order chi connectivity index (χ1) is 14.3. The molecule has 3 N–H and O–H groups in total. The summed E-state index contributed by atoms with van der Waals surface area (Å²) in [6, 6.07) is 16.4. The molecule has 7 nitrogen and oxygen atoms in total. The van der Waals surface area contributed by atoms with Gasteiger partial charge in [-0.05, 0) is 35.7 Å². The lowest BCUT2D eigenvalue weighted by molar-refractivity contribution is -0.120. The van der Waals surface area contributed by atoms with Gasteiger partial charge in [-0.1, -0.05) is 67.5 Å². The maximum atomic E-state index is 12.5. The average Bonchev–Trinajstić information content (AvgIpc) is 3.09. The van der Waals surface area contributed by atoms with Gasteiger partial charge in [0.25, 0.3) is 0 Å². The van der Waals surface area contributed by atoms with Crippen molar-refractivity contribution >= 4 is 35.3 Å². The van der Waals surface area contributed by atoms with E-state index >= 15 is 0 Å². The summed E-state index contributed by atoms with van der Waals surface area (Å²) in [5.41, 5.74) is 7.05. The van der Waals surface area contributed by atoms with Crippen LogP contribution in [-0.4, -0.2) is 32.0 Å². The second-order valence-electron chi connectivity index (χ2n) is 7.02. The number of imide groups is 1. The number of nitrogens with one attached hydrogen (secondary N) is 1. The fraction of sp³-hybridized carbons (Fsp3) is 0.238. The van der Waals surface area contributed by atoms with Crippen molar-refractivity contribution in [2.45, 2.75) is 30.8 Å². The van der Waals surface area contributed by atoms with Crippen LogP contribution in [-0.2, 0) is 11.3 Å². The smallest absolute Gasteiger partial charge is 0.318 e. The molecule has 0 aliphatic rings. The van der Waals surface area contributed by atoms with E-state index in [0.717, 1.165) is 11.1 Å². The van der Waals surface area contributed by atoms with Crippen molar-refractivity contribution in [3.63, 3.8) is 0 Å². The molecule has 1 atom stereocenters. The van der Waals surface area contributed by atoms with Crippen molar-refractivity contribution < 1.29 is 9.59 Å². The number of urea groups is 1. The van der Waals surface area contributed by atoms with E-state index in [0.29, 0.717) is 22.5 Å². The maximum Gasteiger partial charge on any atom is 0.318 e. The van der Waals surface area contributed by atoms with Gasteiger partial charge >= 0.3 is 6.03 Å². The molecule has 3 aromatic rings. The van der Waals surface area contributed by atoms with Crippen LogP contribution < -0.4 is 11.1 Å². The number of hydrogen-bond donors (Lipinski definition) is 2. The summed E-state index contributed by atoms with van der Waals surface area (Å²) in [6.45, 7) is 4.32. The first-order valence-corrected chi connectivity index (χ1v) is 10.6. The summed E-state index contributed by atoms with van der Waals surface area (Å²) in [5, 5.41) is 11.5. The zero-order valence-electron chi connectivity index (χ0n) is 16.6. The minimum absolute atomic E-state index is 0.0600. The van der Waals surface area contributed by atoms with Crippen LogP contribution in [0.4, 0.5) is 4.79 Å². The van der Waals surface area contributed by atoms with Gasteiger partial charge in [0, 0.05) is 10.6 Å². The van der Waals surface area contributed by atoms with Crippen LogP contribution >= 0.6 is 23.4 Å². The molecule has 0 spiro atoms. The molecule has 3 rings (SSSR count). The summed E-state index contributed by atoms with van der Waals surface area (Å²) < 4.78 is 1.95. The van der Waals surface area contributed by atoms with Crippen molar-refractivity contribution in [3.8, 4) is 11.4 Å². The van der Waals surface area contributed by atoms with E-state index in [9.17, 15) is 9.59 Å². The van der Waals surface area contributed by atoms with Crippen molar-refractivity contribution in [3.05, 3.63) is 65.2 Å². The number of aromatic nitrogens is 3. The van der Waals surface area contributed by atoms with Crippen LogP contribution in [0, 0.1) is 5.92 Å². The van der Waals surface area contributed by atoms with Crippen LogP contribution in [0.15, 0.2) is 59.8 Å². The Bertz CT molecular complexity index is 1020. The van der Waals surface area contributed by atoms with Crippen molar-refractivity contribution in [1.82, 2.24) is 20.1 Å². The molecule has 0 radical (unpaired) electrons. The van der Waals surface area contributed by atoms with Gasteiger partial charge in [0.2, 0.25) is 5.91 Å².